The lowest BCUT2D eigenvalue weighted by Gasteiger charge is -2.00. The first kappa shape index (κ1) is 8.43. The number of benzene rings is 1. The molecule has 0 aliphatic heterocycles. The third-order valence-corrected chi connectivity index (χ3v) is 1.78. The Bertz CT molecular complexity index is 451. The van der Waals surface area contributed by atoms with Crippen molar-refractivity contribution in [2.24, 2.45) is 0 Å². The normalized spacial score (nSPS) is 10.0. The van der Waals surface area contributed by atoms with Crippen molar-refractivity contribution in [2.45, 2.75) is 0 Å². The maximum atomic E-state index is 10.7. The second-order valence-corrected chi connectivity index (χ2v) is 2.70. The molecule has 2 aromatic rings. The van der Waals surface area contributed by atoms with Gasteiger partial charge in [-0.3, -0.25) is 0 Å². The number of aromatic nitrogens is 3. The van der Waals surface area contributed by atoms with Crippen LogP contribution in [0.3, 0.4) is 0 Å². The van der Waals surface area contributed by atoms with E-state index in [0.717, 1.165) is 0 Å². The Balaban J connectivity index is 2.46. The number of nitrogens with zero attached hydrogens (tertiary/aromatic N) is 3. The molecule has 0 bridgehead atoms. The van der Waals surface area contributed by atoms with Crippen molar-refractivity contribution in [3.05, 3.63) is 42.2 Å². The maximum absolute atomic E-state index is 10.7. The fourth-order valence-corrected chi connectivity index (χ4v) is 1.13. The summed E-state index contributed by atoms with van der Waals surface area (Å²) in [4.78, 5) is 10.7. The fourth-order valence-electron chi connectivity index (χ4n) is 1.13. The standard InChI is InChI=1S/C9H7N3O2/c13-9(14)7-2-1-3-8(6-7)12-5-4-10-11-12/h1-6H,(H,13,14). The molecule has 0 atom stereocenters. The Morgan fingerprint density at radius 2 is 2.29 bits per heavy atom. The van der Waals surface area contributed by atoms with Crippen LogP contribution in [0.4, 0.5) is 0 Å². The first-order valence-corrected chi connectivity index (χ1v) is 3.97. The van der Waals surface area contributed by atoms with Crippen LogP contribution in [-0.2, 0) is 0 Å². The van der Waals surface area contributed by atoms with Gasteiger partial charge in [-0.25, -0.2) is 9.48 Å². The third-order valence-electron chi connectivity index (χ3n) is 1.78. The summed E-state index contributed by atoms with van der Waals surface area (Å²) < 4.78 is 1.51. The second-order valence-electron chi connectivity index (χ2n) is 2.70. The largest absolute Gasteiger partial charge is 0.478 e. The van der Waals surface area contributed by atoms with E-state index in [9.17, 15) is 4.79 Å². The topological polar surface area (TPSA) is 68.0 Å². The van der Waals surface area contributed by atoms with E-state index in [1.54, 1.807) is 18.3 Å². The zero-order chi connectivity index (χ0) is 9.97. The number of carboxylic acid groups (broad SMARTS) is 1. The van der Waals surface area contributed by atoms with Crippen LogP contribution in [0.15, 0.2) is 36.7 Å². The average Bonchev–Trinajstić information content (AvgIpc) is 2.71. The van der Waals surface area contributed by atoms with Crippen molar-refractivity contribution in [2.75, 3.05) is 0 Å². The summed E-state index contributed by atoms with van der Waals surface area (Å²) in [7, 11) is 0. The zero-order valence-electron chi connectivity index (χ0n) is 7.16. The Labute approximate surface area is 79.6 Å². The molecule has 0 saturated heterocycles. The molecule has 1 aromatic carbocycles. The molecule has 14 heavy (non-hydrogen) atoms. The molecule has 0 saturated carbocycles. The van der Waals surface area contributed by atoms with Crippen LogP contribution in [0.25, 0.3) is 5.69 Å². The van der Waals surface area contributed by atoms with E-state index < -0.39 is 5.97 Å². The van der Waals surface area contributed by atoms with E-state index in [1.165, 1.54) is 23.0 Å². The minimum Gasteiger partial charge on any atom is -0.478 e. The summed E-state index contributed by atoms with van der Waals surface area (Å²) in [5.74, 6) is -0.952. The zero-order valence-corrected chi connectivity index (χ0v) is 7.16. The molecule has 0 aliphatic carbocycles. The molecule has 5 heteroatoms. The van der Waals surface area contributed by atoms with Gasteiger partial charge in [0.25, 0.3) is 0 Å². The molecule has 70 valence electrons. The van der Waals surface area contributed by atoms with Crippen LogP contribution >= 0.6 is 0 Å². The average molecular weight is 189 g/mol. The van der Waals surface area contributed by atoms with Crippen LogP contribution < -0.4 is 0 Å². The number of hydrogen-bond acceptors (Lipinski definition) is 3. The van der Waals surface area contributed by atoms with E-state index >= 15 is 0 Å². The molecular weight excluding hydrogens is 182 g/mol. The lowest BCUT2D eigenvalue weighted by molar-refractivity contribution is 0.0697. The number of carbonyl (C=O) groups is 1. The summed E-state index contributed by atoms with van der Waals surface area (Å²) in [6.45, 7) is 0. The third kappa shape index (κ3) is 1.47. The van der Waals surface area contributed by atoms with Gasteiger partial charge in [0.2, 0.25) is 0 Å². The molecule has 0 amide bonds. The van der Waals surface area contributed by atoms with E-state index in [-0.39, 0.29) is 5.56 Å². The van der Waals surface area contributed by atoms with Crippen molar-refractivity contribution >= 4 is 5.97 Å². The number of hydrogen-bond donors (Lipinski definition) is 1. The molecule has 1 aromatic heterocycles. The fraction of sp³-hybridized carbons (Fsp3) is 0. The smallest absolute Gasteiger partial charge is 0.335 e. The quantitative estimate of drug-likeness (QED) is 0.764. The molecule has 2 rings (SSSR count). The molecule has 1 heterocycles. The van der Waals surface area contributed by atoms with Gasteiger partial charge in [-0.1, -0.05) is 11.3 Å². The van der Waals surface area contributed by atoms with Crippen LogP contribution in [0.1, 0.15) is 10.4 Å². The highest BCUT2D eigenvalue weighted by Gasteiger charge is 2.04. The van der Waals surface area contributed by atoms with Crippen molar-refractivity contribution in [1.29, 1.82) is 0 Å². The van der Waals surface area contributed by atoms with Crippen LogP contribution in [0, 0.1) is 0 Å². The van der Waals surface area contributed by atoms with Crippen LogP contribution in [0.2, 0.25) is 0 Å². The van der Waals surface area contributed by atoms with Crippen molar-refractivity contribution < 1.29 is 9.90 Å². The van der Waals surface area contributed by atoms with Gasteiger partial charge in [0.1, 0.15) is 0 Å². The Kier molecular flexibility index (Phi) is 1.98. The first-order valence-electron chi connectivity index (χ1n) is 3.97. The van der Waals surface area contributed by atoms with Crippen LogP contribution in [0.5, 0.6) is 0 Å². The summed E-state index contributed by atoms with van der Waals surface area (Å²) in [6, 6.07) is 6.50. The molecule has 0 spiro atoms. The molecule has 0 radical (unpaired) electrons. The molecule has 0 unspecified atom stereocenters. The number of carboxylic acids is 1. The second kappa shape index (κ2) is 3.29. The van der Waals surface area contributed by atoms with E-state index in [0.29, 0.717) is 5.69 Å². The highest BCUT2D eigenvalue weighted by Crippen LogP contribution is 2.08. The van der Waals surface area contributed by atoms with Crippen molar-refractivity contribution in [3.8, 4) is 5.69 Å². The predicted molar refractivity (Wildman–Crippen MR) is 48.3 cm³/mol. The Hall–Kier alpha value is -2.17. The van der Waals surface area contributed by atoms with Gasteiger partial charge >= 0.3 is 5.97 Å². The first-order chi connectivity index (χ1) is 6.77. The lowest BCUT2D eigenvalue weighted by atomic mass is 10.2. The predicted octanol–water partition coefficient (Wildman–Crippen LogP) is 0.965. The van der Waals surface area contributed by atoms with E-state index in [1.807, 2.05) is 0 Å². The summed E-state index contributed by atoms with van der Waals surface area (Å²) in [5, 5.41) is 16.2. The number of rotatable bonds is 2. The molecular formula is C9H7N3O2. The van der Waals surface area contributed by atoms with Gasteiger partial charge in [-0.05, 0) is 18.2 Å². The number of aromatic carboxylic acids is 1. The minimum atomic E-state index is -0.952. The van der Waals surface area contributed by atoms with Crippen LogP contribution in [-0.4, -0.2) is 26.1 Å². The van der Waals surface area contributed by atoms with Gasteiger partial charge in [-0.15, -0.1) is 5.10 Å². The monoisotopic (exact) mass is 189 g/mol. The maximum Gasteiger partial charge on any atom is 0.335 e. The summed E-state index contributed by atoms with van der Waals surface area (Å²) in [5.41, 5.74) is 0.917. The highest BCUT2D eigenvalue weighted by atomic mass is 16.4. The SMILES string of the molecule is O=C(O)c1cccc(-n2ccnn2)c1. The highest BCUT2D eigenvalue weighted by molar-refractivity contribution is 5.88. The van der Waals surface area contributed by atoms with E-state index in [4.69, 9.17) is 5.11 Å². The van der Waals surface area contributed by atoms with Gasteiger partial charge in [0.15, 0.2) is 0 Å². The Morgan fingerprint density at radius 3 is 2.93 bits per heavy atom. The molecule has 0 aliphatic rings. The lowest BCUT2D eigenvalue weighted by Crippen LogP contribution is -2.00. The van der Waals surface area contributed by atoms with Gasteiger partial charge in [-0.2, -0.15) is 0 Å². The van der Waals surface area contributed by atoms with Gasteiger partial charge < -0.3 is 5.11 Å². The molecule has 0 fully saturated rings. The summed E-state index contributed by atoms with van der Waals surface area (Å²) in [6.07, 6.45) is 3.19. The minimum absolute atomic E-state index is 0.234. The summed E-state index contributed by atoms with van der Waals surface area (Å²) >= 11 is 0. The van der Waals surface area contributed by atoms with Gasteiger partial charge in [0, 0.05) is 0 Å². The van der Waals surface area contributed by atoms with Crippen molar-refractivity contribution in [1.82, 2.24) is 15.0 Å². The Morgan fingerprint density at radius 1 is 1.43 bits per heavy atom. The molecule has 1 N–H and O–H groups in total. The van der Waals surface area contributed by atoms with Crippen molar-refractivity contribution in [3.63, 3.8) is 0 Å². The molecule has 5 nitrogen and oxygen atoms in total. The van der Waals surface area contributed by atoms with Gasteiger partial charge in [0.05, 0.1) is 23.6 Å². The van der Waals surface area contributed by atoms with E-state index in [2.05, 4.69) is 10.3 Å².